The number of benzene rings is 1. The summed E-state index contributed by atoms with van der Waals surface area (Å²) < 4.78 is 5.15. The minimum Gasteiger partial charge on any atom is -0.497 e. The van der Waals surface area contributed by atoms with Crippen LogP contribution in [0.25, 0.3) is 0 Å². The van der Waals surface area contributed by atoms with E-state index in [2.05, 4.69) is 5.32 Å². The molecule has 0 aliphatic rings. The van der Waals surface area contributed by atoms with Gasteiger partial charge in [0.1, 0.15) is 5.75 Å². The number of aliphatic hydroxyl groups is 1. The molecule has 0 spiro atoms. The van der Waals surface area contributed by atoms with E-state index in [4.69, 9.17) is 4.74 Å². The van der Waals surface area contributed by atoms with Crippen molar-refractivity contribution in [1.82, 2.24) is 5.32 Å². The summed E-state index contributed by atoms with van der Waals surface area (Å²) in [6, 6.07) is 7.63. The van der Waals surface area contributed by atoms with E-state index in [9.17, 15) is 9.90 Å². The Bertz CT molecular complexity index is 466. The first-order valence-corrected chi connectivity index (χ1v) is 7.89. The molecule has 0 saturated heterocycles. The molecule has 124 valence electrons. The van der Waals surface area contributed by atoms with Crippen LogP contribution in [0.2, 0.25) is 0 Å². The van der Waals surface area contributed by atoms with Gasteiger partial charge >= 0.3 is 0 Å². The van der Waals surface area contributed by atoms with E-state index in [1.807, 2.05) is 45.0 Å². The van der Waals surface area contributed by atoms with Gasteiger partial charge in [0.2, 0.25) is 5.91 Å². The standard InChI is InChI=1S/C18H29NO3/c1-6-16(14-7-9-15(22-5)10-8-14)17(21)19-12-18(3,4)11-13(2)20/h7-10,13,16,20H,6,11-12H2,1-5H3,(H,19,21). The Balaban J connectivity index is 2.68. The normalized spacial score (nSPS) is 14.3. The lowest BCUT2D eigenvalue weighted by atomic mass is 9.86. The summed E-state index contributed by atoms with van der Waals surface area (Å²) in [4.78, 5) is 12.5. The number of carbonyl (C=O) groups excluding carboxylic acids is 1. The van der Waals surface area contributed by atoms with Gasteiger partial charge in [0.15, 0.2) is 0 Å². The second-order valence-electron chi connectivity index (χ2n) is 6.67. The highest BCUT2D eigenvalue weighted by molar-refractivity contribution is 5.83. The first-order valence-electron chi connectivity index (χ1n) is 7.89. The van der Waals surface area contributed by atoms with Crippen molar-refractivity contribution in [2.45, 2.75) is 52.6 Å². The molecule has 0 saturated carbocycles. The number of nitrogens with one attached hydrogen (secondary N) is 1. The van der Waals surface area contributed by atoms with Crippen molar-refractivity contribution >= 4 is 5.91 Å². The second-order valence-corrected chi connectivity index (χ2v) is 6.67. The molecule has 1 aromatic carbocycles. The Labute approximate surface area is 133 Å². The molecular weight excluding hydrogens is 278 g/mol. The zero-order valence-corrected chi connectivity index (χ0v) is 14.3. The lowest BCUT2D eigenvalue weighted by Gasteiger charge is -2.27. The number of amides is 1. The molecule has 1 amide bonds. The Kier molecular flexibility index (Phi) is 6.88. The van der Waals surface area contributed by atoms with Crippen molar-refractivity contribution in [1.29, 1.82) is 0 Å². The summed E-state index contributed by atoms with van der Waals surface area (Å²) in [5.41, 5.74) is 0.872. The zero-order chi connectivity index (χ0) is 16.8. The summed E-state index contributed by atoms with van der Waals surface area (Å²) in [6.45, 7) is 8.44. The smallest absolute Gasteiger partial charge is 0.227 e. The zero-order valence-electron chi connectivity index (χ0n) is 14.3. The van der Waals surface area contributed by atoms with Crippen LogP contribution in [0.3, 0.4) is 0 Å². The number of ether oxygens (including phenoxy) is 1. The first kappa shape index (κ1) is 18.5. The highest BCUT2D eigenvalue weighted by atomic mass is 16.5. The Morgan fingerprint density at radius 3 is 2.36 bits per heavy atom. The summed E-state index contributed by atoms with van der Waals surface area (Å²) >= 11 is 0. The van der Waals surface area contributed by atoms with Crippen LogP contribution in [0, 0.1) is 5.41 Å². The van der Waals surface area contributed by atoms with Crippen molar-refractivity contribution in [3.05, 3.63) is 29.8 Å². The van der Waals surface area contributed by atoms with Crippen LogP contribution in [-0.2, 0) is 4.79 Å². The summed E-state index contributed by atoms with van der Waals surface area (Å²) in [5, 5.41) is 12.5. The number of rotatable bonds is 8. The van der Waals surface area contributed by atoms with Crippen molar-refractivity contribution in [3.8, 4) is 5.75 Å². The molecule has 0 radical (unpaired) electrons. The lowest BCUT2D eigenvalue weighted by Crippen LogP contribution is -2.38. The fourth-order valence-corrected chi connectivity index (χ4v) is 2.73. The number of hydrogen-bond donors (Lipinski definition) is 2. The maximum atomic E-state index is 12.5. The van der Waals surface area contributed by atoms with Gasteiger partial charge in [0.25, 0.3) is 0 Å². The molecule has 2 N–H and O–H groups in total. The molecule has 1 aromatic rings. The molecule has 0 aromatic heterocycles. The van der Waals surface area contributed by atoms with Gasteiger partial charge in [0.05, 0.1) is 19.1 Å². The highest BCUT2D eigenvalue weighted by Gasteiger charge is 2.24. The minimum absolute atomic E-state index is 0.0336. The van der Waals surface area contributed by atoms with Crippen molar-refractivity contribution in [3.63, 3.8) is 0 Å². The van der Waals surface area contributed by atoms with Crippen LogP contribution in [0.4, 0.5) is 0 Å². The molecule has 0 bridgehead atoms. The predicted molar refractivity (Wildman–Crippen MR) is 89.1 cm³/mol. The Morgan fingerprint density at radius 1 is 1.32 bits per heavy atom. The molecule has 0 aliphatic heterocycles. The highest BCUT2D eigenvalue weighted by Crippen LogP contribution is 2.24. The van der Waals surface area contributed by atoms with E-state index in [1.165, 1.54) is 0 Å². The van der Waals surface area contributed by atoms with Crippen molar-refractivity contribution in [2.75, 3.05) is 13.7 Å². The number of carbonyl (C=O) groups is 1. The fourth-order valence-electron chi connectivity index (χ4n) is 2.73. The van der Waals surface area contributed by atoms with E-state index in [0.717, 1.165) is 17.7 Å². The SMILES string of the molecule is CCC(C(=O)NCC(C)(C)CC(C)O)c1ccc(OC)cc1. The molecule has 4 heteroatoms. The van der Waals surface area contributed by atoms with Crippen LogP contribution in [0.15, 0.2) is 24.3 Å². The van der Waals surface area contributed by atoms with Crippen LogP contribution in [0.5, 0.6) is 5.75 Å². The summed E-state index contributed by atoms with van der Waals surface area (Å²) in [5.74, 6) is 0.664. The van der Waals surface area contributed by atoms with E-state index < -0.39 is 0 Å². The molecule has 0 fully saturated rings. The third-order valence-corrected chi connectivity index (χ3v) is 3.83. The predicted octanol–water partition coefficient (Wildman–Crippen LogP) is 3.10. The molecule has 4 nitrogen and oxygen atoms in total. The molecule has 1 rings (SSSR count). The third kappa shape index (κ3) is 5.68. The summed E-state index contributed by atoms with van der Waals surface area (Å²) in [6.07, 6.45) is 1.04. The maximum Gasteiger partial charge on any atom is 0.227 e. The molecule has 0 heterocycles. The number of aliphatic hydroxyl groups excluding tert-OH is 1. The van der Waals surface area contributed by atoms with Gasteiger partial charge in [-0.2, -0.15) is 0 Å². The molecule has 22 heavy (non-hydrogen) atoms. The van der Waals surface area contributed by atoms with E-state index in [0.29, 0.717) is 13.0 Å². The molecular formula is C18H29NO3. The van der Waals surface area contributed by atoms with Gasteiger partial charge < -0.3 is 15.2 Å². The average molecular weight is 307 g/mol. The molecule has 2 unspecified atom stereocenters. The Morgan fingerprint density at radius 2 is 1.91 bits per heavy atom. The van der Waals surface area contributed by atoms with Crippen LogP contribution in [-0.4, -0.2) is 30.8 Å². The van der Waals surface area contributed by atoms with Crippen LogP contribution >= 0.6 is 0 Å². The molecule has 2 atom stereocenters. The fraction of sp³-hybridized carbons (Fsp3) is 0.611. The van der Waals surface area contributed by atoms with Gasteiger partial charge in [0, 0.05) is 6.54 Å². The first-order chi connectivity index (χ1) is 10.3. The van der Waals surface area contributed by atoms with Gasteiger partial charge in [-0.1, -0.05) is 32.9 Å². The van der Waals surface area contributed by atoms with Gasteiger partial charge in [-0.15, -0.1) is 0 Å². The van der Waals surface area contributed by atoms with Crippen LogP contribution < -0.4 is 10.1 Å². The maximum absolute atomic E-state index is 12.5. The van der Waals surface area contributed by atoms with Crippen molar-refractivity contribution in [2.24, 2.45) is 5.41 Å². The van der Waals surface area contributed by atoms with Gasteiger partial charge in [-0.05, 0) is 42.9 Å². The van der Waals surface area contributed by atoms with E-state index in [-0.39, 0.29) is 23.3 Å². The topological polar surface area (TPSA) is 58.6 Å². The quantitative estimate of drug-likeness (QED) is 0.776. The second kappa shape index (κ2) is 8.18. The lowest BCUT2D eigenvalue weighted by molar-refractivity contribution is -0.123. The summed E-state index contributed by atoms with van der Waals surface area (Å²) in [7, 11) is 1.63. The number of hydrogen-bond acceptors (Lipinski definition) is 3. The van der Waals surface area contributed by atoms with Crippen molar-refractivity contribution < 1.29 is 14.6 Å². The van der Waals surface area contributed by atoms with Crippen LogP contribution in [0.1, 0.15) is 52.0 Å². The van der Waals surface area contributed by atoms with E-state index >= 15 is 0 Å². The monoisotopic (exact) mass is 307 g/mol. The van der Waals surface area contributed by atoms with E-state index in [1.54, 1.807) is 14.0 Å². The van der Waals surface area contributed by atoms with Gasteiger partial charge in [-0.3, -0.25) is 4.79 Å². The third-order valence-electron chi connectivity index (χ3n) is 3.83. The largest absolute Gasteiger partial charge is 0.497 e. The van der Waals surface area contributed by atoms with Gasteiger partial charge in [-0.25, -0.2) is 0 Å². The average Bonchev–Trinajstić information content (AvgIpc) is 2.45. The molecule has 0 aliphatic carbocycles. The number of methoxy groups -OCH3 is 1. The Hall–Kier alpha value is -1.55. The minimum atomic E-state index is -0.365.